The highest BCUT2D eigenvalue weighted by Gasteiger charge is 2.30. The summed E-state index contributed by atoms with van der Waals surface area (Å²) in [4.78, 5) is 13.2. The van der Waals surface area contributed by atoms with Gasteiger partial charge in [-0.05, 0) is 63.3 Å². The minimum atomic E-state index is -0.344. The summed E-state index contributed by atoms with van der Waals surface area (Å²) in [6.45, 7) is 12.3. The number of allylic oxidation sites excluding steroid dienone is 1. The van der Waals surface area contributed by atoms with Crippen LogP contribution >= 0.6 is 11.6 Å². The van der Waals surface area contributed by atoms with E-state index in [1.165, 1.54) is 0 Å². The second kappa shape index (κ2) is 9.17. The maximum atomic E-state index is 13.2. The molecule has 0 saturated heterocycles. The fraction of sp³-hybridized carbons (Fsp3) is 0.520. The molecule has 1 aromatic carbocycles. The molecule has 3 rings (SSSR count). The molecular formula is C25H33ClN2O3. The van der Waals surface area contributed by atoms with Crippen LogP contribution in [0.2, 0.25) is 5.02 Å². The van der Waals surface area contributed by atoms with Crippen molar-refractivity contribution in [1.82, 2.24) is 5.16 Å². The van der Waals surface area contributed by atoms with E-state index < -0.39 is 0 Å². The van der Waals surface area contributed by atoms with Crippen LogP contribution in [0.15, 0.2) is 40.9 Å². The third kappa shape index (κ3) is 6.68. The maximum absolute atomic E-state index is 13.2. The van der Waals surface area contributed by atoms with E-state index in [9.17, 15) is 4.79 Å². The van der Waals surface area contributed by atoms with Crippen LogP contribution in [0.25, 0.3) is 5.57 Å². The number of carbonyl (C=O) groups is 1. The van der Waals surface area contributed by atoms with E-state index in [0.29, 0.717) is 17.3 Å². The molecule has 5 nitrogen and oxygen atoms in total. The summed E-state index contributed by atoms with van der Waals surface area (Å²) < 4.78 is 11.6. The van der Waals surface area contributed by atoms with Gasteiger partial charge in [-0.1, -0.05) is 55.7 Å². The third-order valence-electron chi connectivity index (χ3n) is 5.25. The highest BCUT2D eigenvalue weighted by atomic mass is 35.5. The van der Waals surface area contributed by atoms with Gasteiger partial charge in [0.1, 0.15) is 0 Å². The van der Waals surface area contributed by atoms with E-state index in [2.05, 4.69) is 37.3 Å². The molecular weight excluding hydrogens is 412 g/mol. The van der Waals surface area contributed by atoms with Gasteiger partial charge in [-0.2, -0.15) is 0 Å². The Balaban J connectivity index is 1.84. The van der Waals surface area contributed by atoms with Crippen molar-refractivity contribution >= 4 is 29.0 Å². The van der Waals surface area contributed by atoms with Crippen LogP contribution in [-0.4, -0.2) is 22.8 Å². The van der Waals surface area contributed by atoms with Crippen LogP contribution in [0, 0.1) is 5.92 Å². The molecule has 0 spiro atoms. The first-order valence-corrected chi connectivity index (χ1v) is 11.2. The molecule has 0 fully saturated rings. The van der Waals surface area contributed by atoms with Crippen molar-refractivity contribution in [3.63, 3.8) is 0 Å². The topological polar surface area (TPSA) is 64.4 Å². The Morgan fingerprint density at radius 1 is 1.16 bits per heavy atom. The number of anilines is 1. The number of carbonyl (C=O) groups excluding carboxylic acids is 1. The highest BCUT2D eigenvalue weighted by Crippen LogP contribution is 2.33. The molecule has 0 saturated carbocycles. The molecule has 2 aromatic rings. The van der Waals surface area contributed by atoms with E-state index in [0.717, 1.165) is 29.7 Å². The molecule has 1 amide bonds. The van der Waals surface area contributed by atoms with Crippen molar-refractivity contribution in [3.05, 3.63) is 52.7 Å². The monoisotopic (exact) mass is 444 g/mol. The number of hydrogen-bond donors (Lipinski definition) is 1. The number of nitrogens with zero attached hydrogens (tertiary/aromatic N) is 1. The Hall–Kier alpha value is -2.11. The normalized spacial score (nSPS) is 20.2. The summed E-state index contributed by atoms with van der Waals surface area (Å²) >= 11 is 6.06. The van der Waals surface area contributed by atoms with Gasteiger partial charge in [0.05, 0.1) is 23.3 Å². The lowest BCUT2D eigenvalue weighted by molar-refractivity contribution is -0.121. The van der Waals surface area contributed by atoms with E-state index in [1.54, 1.807) is 6.07 Å². The largest absolute Gasteiger partial charge is 0.373 e. The number of aromatic nitrogens is 1. The lowest BCUT2D eigenvalue weighted by atomic mass is 9.92. The van der Waals surface area contributed by atoms with Gasteiger partial charge in [-0.3, -0.25) is 10.1 Å². The molecule has 168 valence electrons. The minimum Gasteiger partial charge on any atom is -0.373 e. The van der Waals surface area contributed by atoms with Crippen LogP contribution in [0.1, 0.15) is 72.1 Å². The number of benzene rings is 1. The summed E-state index contributed by atoms with van der Waals surface area (Å²) in [6.07, 6.45) is 4.34. The van der Waals surface area contributed by atoms with Crippen molar-refractivity contribution < 1.29 is 14.1 Å². The average Bonchev–Trinajstić information content (AvgIpc) is 3.03. The molecule has 2 unspecified atom stereocenters. The third-order valence-corrected chi connectivity index (χ3v) is 5.50. The van der Waals surface area contributed by atoms with E-state index >= 15 is 0 Å². The standard InChI is InChI=1S/C25H33ClN2O3/c1-24(2,3)21-15-22(31-28-21)27-23(29)18-13-17(16-7-10-19(26)11-8-16)9-12-20(14-18)30-25(4,5)6/h7-8,10-11,13,15,18,20H,9,12,14H2,1-6H3,(H,27,29). The fourth-order valence-electron chi connectivity index (χ4n) is 3.71. The van der Waals surface area contributed by atoms with Gasteiger partial charge >= 0.3 is 0 Å². The fourth-order valence-corrected chi connectivity index (χ4v) is 3.83. The second-order valence-corrected chi connectivity index (χ2v) is 10.7. The average molecular weight is 445 g/mol. The van der Waals surface area contributed by atoms with E-state index in [-0.39, 0.29) is 28.9 Å². The van der Waals surface area contributed by atoms with Gasteiger partial charge in [0, 0.05) is 16.5 Å². The Labute approximate surface area is 190 Å². The zero-order chi connectivity index (χ0) is 22.8. The number of hydrogen-bond acceptors (Lipinski definition) is 4. The predicted molar refractivity (Wildman–Crippen MR) is 125 cm³/mol. The Morgan fingerprint density at radius 2 is 1.84 bits per heavy atom. The number of halogens is 1. The molecule has 1 aromatic heterocycles. The molecule has 0 aliphatic heterocycles. The van der Waals surface area contributed by atoms with Gasteiger partial charge in [0.2, 0.25) is 11.8 Å². The number of amides is 1. The molecule has 6 heteroatoms. The Morgan fingerprint density at radius 3 is 2.42 bits per heavy atom. The zero-order valence-corrected chi connectivity index (χ0v) is 20.0. The molecule has 1 aliphatic rings. The summed E-state index contributed by atoms with van der Waals surface area (Å²) in [7, 11) is 0. The SMILES string of the molecule is CC(C)(C)OC1CCC(c2ccc(Cl)cc2)=CC(C(=O)Nc2cc(C(C)(C)C)no2)C1. The van der Waals surface area contributed by atoms with Gasteiger partial charge in [0.25, 0.3) is 0 Å². The predicted octanol–water partition coefficient (Wildman–Crippen LogP) is 6.63. The first-order chi connectivity index (χ1) is 14.4. The number of nitrogens with one attached hydrogen (secondary N) is 1. The lowest BCUT2D eigenvalue weighted by Crippen LogP contribution is -2.31. The molecule has 1 heterocycles. The number of rotatable bonds is 4. The first-order valence-electron chi connectivity index (χ1n) is 10.8. The summed E-state index contributed by atoms with van der Waals surface area (Å²) in [6, 6.07) is 9.55. The molecule has 1 N–H and O–H groups in total. The van der Waals surface area contributed by atoms with Crippen molar-refractivity contribution in [2.24, 2.45) is 5.92 Å². The van der Waals surface area contributed by atoms with Gasteiger partial charge < -0.3 is 9.26 Å². The molecule has 31 heavy (non-hydrogen) atoms. The van der Waals surface area contributed by atoms with E-state index in [1.807, 2.05) is 45.0 Å². The van der Waals surface area contributed by atoms with Crippen LogP contribution in [0.3, 0.4) is 0 Å². The van der Waals surface area contributed by atoms with Gasteiger partial charge in [0.15, 0.2) is 0 Å². The smallest absolute Gasteiger partial charge is 0.233 e. The molecule has 2 atom stereocenters. The number of ether oxygens (including phenoxy) is 1. The van der Waals surface area contributed by atoms with Crippen LogP contribution in [-0.2, 0) is 14.9 Å². The Kier molecular flexibility index (Phi) is 6.97. The van der Waals surface area contributed by atoms with Crippen molar-refractivity contribution in [2.75, 3.05) is 5.32 Å². The van der Waals surface area contributed by atoms with Gasteiger partial charge in [-0.25, -0.2) is 0 Å². The van der Waals surface area contributed by atoms with Crippen molar-refractivity contribution in [3.8, 4) is 0 Å². The van der Waals surface area contributed by atoms with Crippen molar-refractivity contribution in [2.45, 2.75) is 77.9 Å². The molecule has 1 aliphatic carbocycles. The summed E-state index contributed by atoms with van der Waals surface area (Å²) in [5, 5.41) is 7.70. The van der Waals surface area contributed by atoms with Crippen LogP contribution in [0.4, 0.5) is 5.88 Å². The van der Waals surface area contributed by atoms with Crippen LogP contribution < -0.4 is 5.32 Å². The second-order valence-electron chi connectivity index (χ2n) is 10.2. The van der Waals surface area contributed by atoms with E-state index in [4.69, 9.17) is 20.9 Å². The van der Waals surface area contributed by atoms with Gasteiger partial charge in [-0.15, -0.1) is 0 Å². The lowest BCUT2D eigenvalue weighted by Gasteiger charge is -2.28. The quantitative estimate of drug-likeness (QED) is 0.574. The molecule has 0 radical (unpaired) electrons. The first kappa shape index (κ1) is 23.6. The van der Waals surface area contributed by atoms with Crippen molar-refractivity contribution in [1.29, 1.82) is 0 Å². The summed E-state index contributed by atoms with van der Waals surface area (Å²) in [5.74, 6) is -0.0925. The Bertz CT molecular complexity index is 933. The molecule has 0 bridgehead atoms. The maximum Gasteiger partial charge on any atom is 0.233 e. The minimum absolute atomic E-state index is 0.0170. The van der Waals surface area contributed by atoms with Crippen LogP contribution in [0.5, 0.6) is 0 Å². The zero-order valence-electron chi connectivity index (χ0n) is 19.3. The summed E-state index contributed by atoms with van der Waals surface area (Å²) in [5.41, 5.74) is 2.58. The highest BCUT2D eigenvalue weighted by molar-refractivity contribution is 6.30.